The van der Waals surface area contributed by atoms with Crippen LogP contribution in [0.3, 0.4) is 0 Å². The number of hydrogen-bond donors (Lipinski definition) is 1. The molecule has 0 aliphatic rings. The van der Waals surface area contributed by atoms with Crippen LogP contribution in [0.25, 0.3) is 16.7 Å². The number of rotatable bonds is 6. The fourth-order valence-corrected chi connectivity index (χ4v) is 4.38. The van der Waals surface area contributed by atoms with Gasteiger partial charge in [0.25, 0.3) is 0 Å². The first kappa shape index (κ1) is 22.4. The van der Waals surface area contributed by atoms with Crippen molar-refractivity contribution in [2.24, 2.45) is 5.10 Å². The van der Waals surface area contributed by atoms with E-state index in [1.807, 2.05) is 57.2 Å². The maximum absolute atomic E-state index is 12.5. The van der Waals surface area contributed by atoms with Crippen LogP contribution in [0.15, 0.2) is 67.0 Å². The molecule has 8 heteroatoms. The largest absolute Gasteiger partial charge is 0.494 e. The zero-order chi connectivity index (χ0) is 22.8. The molecular formula is C24H21Br2N3O3. The number of ether oxygens (including phenoxy) is 1. The van der Waals surface area contributed by atoms with Gasteiger partial charge in [-0.2, -0.15) is 5.10 Å². The Morgan fingerprint density at radius 2 is 1.88 bits per heavy atom. The van der Waals surface area contributed by atoms with Gasteiger partial charge in [-0.05, 0) is 85.2 Å². The van der Waals surface area contributed by atoms with E-state index in [4.69, 9.17) is 9.15 Å². The van der Waals surface area contributed by atoms with E-state index in [-0.39, 0.29) is 5.76 Å². The van der Waals surface area contributed by atoms with Gasteiger partial charge in [-0.3, -0.25) is 4.79 Å². The van der Waals surface area contributed by atoms with Crippen LogP contribution < -0.4 is 10.2 Å². The average molecular weight is 559 g/mol. The molecule has 4 aromatic rings. The Kier molecular flexibility index (Phi) is 6.53. The number of aromatic nitrogens is 1. The quantitative estimate of drug-likeness (QED) is 0.216. The van der Waals surface area contributed by atoms with Crippen molar-refractivity contribution in [1.82, 2.24) is 9.99 Å². The summed E-state index contributed by atoms with van der Waals surface area (Å²) < 4.78 is 15.2. The van der Waals surface area contributed by atoms with Gasteiger partial charge in [-0.25, -0.2) is 5.43 Å². The summed E-state index contributed by atoms with van der Waals surface area (Å²) in [5, 5.41) is 4.96. The normalized spacial score (nSPS) is 11.4. The van der Waals surface area contributed by atoms with Crippen molar-refractivity contribution in [2.75, 3.05) is 6.61 Å². The summed E-state index contributed by atoms with van der Waals surface area (Å²) in [4.78, 5) is 12.5. The number of nitrogens with one attached hydrogen (secondary N) is 1. The third kappa shape index (κ3) is 4.38. The molecule has 0 fully saturated rings. The van der Waals surface area contributed by atoms with Gasteiger partial charge in [0, 0.05) is 37.0 Å². The van der Waals surface area contributed by atoms with Gasteiger partial charge in [0.1, 0.15) is 11.3 Å². The number of fused-ring (bicyclic) bond motifs is 1. The van der Waals surface area contributed by atoms with Gasteiger partial charge in [-0.1, -0.05) is 15.9 Å². The first-order valence-corrected chi connectivity index (χ1v) is 11.6. The molecule has 0 spiro atoms. The van der Waals surface area contributed by atoms with Crippen molar-refractivity contribution in [3.63, 3.8) is 0 Å². The molecule has 2 heterocycles. The molecule has 0 bridgehead atoms. The number of nitrogens with zero attached hydrogens (tertiary/aromatic N) is 2. The van der Waals surface area contributed by atoms with Crippen molar-refractivity contribution in [3.8, 4) is 11.4 Å². The first-order chi connectivity index (χ1) is 15.4. The maximum Gasteiger partial charge on any atom is 0.307 e. The van der Waals surface area contributed by atoms with Gasteiger partial charge in [-0.15, -0.1) is 0 Å². The third-order valence-electron chi connectivity index (χ3n) is 5.08. The molecule has 0 radical (unpaired) electrons. The lowest BCUT2D eigenvalue weighted by molar-refractivity contribution is 0.0929. The van der Waals surface area contributed by atoms with Crippen LogP contribution in [0.2, 0.25) is 0 Å². The van der Waals surface area contributed by atoms with E-state index >= 15 is 0 Å². The van der Waals surface area contributed by atoms with Crippen LogP contribution in [0.1, 0.15) is 34.4 Å². The number of hydrogen-bond acceptors (Lipinski definition) is 4. The van der Waals surface area contributed by atoms with E-state index in [9.17, 15) is 4.79 Å². The van der Waals surface area contributed by atoms with E-state index < -0.39 is 5.91 Å². The molecule has 1 N–H and O–H groups in total. The first-order valence-electron chi connectivity index (χ1n) is 10.0. The summed E-state index contributed by atoms with van der Waals surface area (Å²) in [6, 6.07) is 15.2. The Balaban J connectivity index is 1.54. The van der Waals surface area contributed by atoms with Crippen molar-refractivity contribution >= 4 is 55.0 Å². The van der Waals surface area contributed by atoms with Gasteiger partial charge in [0.2, 0.25) is 0 Å². The molecular weight excluding hydrogens is 538 g/mol. The zero-order valence-electron chi connectivity index (χ0n) is 17.8. The second-order valence-electron chi connectivity index (χ2n) is 7.15. The number of benzene rings is 2. The molecule has 1 amide bonds. The molecule has 0 unspecified atom stereocenters. The number of carbonyl (C=O) groups excluding carboxylic acids is 1. The van der Waals surface area contributed by atoms with E-state index in [2.05, 4.69) is 47.0 Å². The summed E-state index contributed by atoms with van der Waals surface area (Å²) in [5.41, 5.74) is 7.13. The lowest BCUT2D eigenvalue weighted by Gasteiger charge is -2.09. The van der Waals surface area contributed by atoms with E-state index in [1.54, 1.807) is 18.3 Å². The molecule has 0 aliphatic carbocycles. The van der Waals surface area contributed by atoms with Gasteiger partial charge >= 0.3 is 5.91 Å². The van der Waals surface area contributed by atoms with Gasteiger partial charge < -0.3 is 13.7 Å². The Morgan fingerprint density at radius 3 is 2.59 bits per heavy atom. The standard InChI is InChI=1S/C24H21Br2N3O3/c1-4-31-19-9-10-21-16(11-19)12-22(32-21)24(30)28-27-13-20-14(2)29(15(3)23(20)26)18-7-5-17(25)6-8-18/h5-13H,4H2,1-3H3,(H,28,30)/b27-13+. The number of halogens is 2. The number of carbonyl (C=O) groups is 1. The van der Waals surface area contributed by atoms with E-state index in [1.165, 1.54) is 0 Å². The Hall–Kier alpha value is -2.84. The molecule has 2 aromatic heterocycles. The fraction of sp³-hybridized carbons (Fsp3) is 0.167. The van der Waals surface area contributed by atoms with Gasteiger partial charge in [0.05, 0.1) is 12.8 Å². The summed E-state index contributed by atoms with van der Waals surface area (Å²) >= 11 is 7.12. The Labute approximate surface area is 202 Å². The predicted octanol–water partition coefficient (Wildman–Crippen LogP) is 6.53. The second-order valence-corrected chi connectivity index (χ2v) is 8.86. The Morgan fingerprint density at radius 1 is 1.12 bits per heavy atom. The highest BCUT2D eigenvalue weighted by atomic mass is 79.9. The van der Waals surface area contributed by atoms with Crippen LogP contribution in [0.5, 0.6) is 5.75 Å². The fourth-order valence-electron chi connectivity index (χ4n) is 3.55. The summed E-state index contributed by atoms with van der Waals surface area (Å²) in [6.45, 7) is 6.53. The second kappa shape index (κ2) is 9.34. The molecule has 0 saturated heterocycles. The number of furan rings is 1. The molecule has 164 valence electrons. The summed E-state index contributed by atoms with van der Waals surface area (Å²) in [5.74, 6) is 0.496. The third-order valence-corrected chi connectivity index (χ3v) is 6.61. The topological polar surface area (TPSA) is 68.8 Å². The lowest BCUT2D eigenvalue weighted by atomic mass is 10.2. The SMILES string of the molecule is CCOc1ccc2oc(C(=O)N/N=C/c3c(Br)c(C)n(-c4ccc(Br)cc4)c3C)cc2c1. The van der Waals surface area contributed by atoms with Crippen molar-refractivity contribution in [2.45, 2.75) is 20.8 Å². The highest BCUT2D eigenvalue weighted by Crippen LogP contribution is 2.30. The molecule has 4 rings (SSSR count). The average Bonchev–Trinajstić information content (AvgIpc) is 3.29. The smallest absolute Gasteiger partial charge is 0.307 e. The highest BCUT2D eigenvalue weighted by molar-refractivity contribution is 9.10. The van der Waals surface area contributed by atoms with Crippen molar-refractivity contribution in [1.29, 1.82) is 0 Å². The minimum absolute atomic E-state index is 0.185. The van der Waals surface area contributed by atoms with Crippen molar-refractivity contribution < 1.29 is 13.9 Å². The van der Waals surface area contributed by atoms with Crippen LogP contribution in [-0.4, -0.2) is 23.3 Å². The minimum atomic E-state index is -0.423. The number of amides is 1. The van der Waals surface area contributed by atoms with Crippen LogP contribution >= 0.6 is 31.9 Å². The Bertz CT molecular complexity index is 1320. The van der Waals surface area contributed by atoms with Crippen LogP contribution in [0, 0.1) is 13.8 Å². The monoisotopic (exact) mass is 557 g/mol. The van der Waals surface area contributed by atoms with Crippen LogP contribution in [-0.2, 0) is 0 Å². The van der Waals surface area contributed by atoms with Gasteiger partial charge in [0.15, 0.2) is 5.76 Å². The predicted molar refractivity (Wildman–Crippen MR) is 133 cm³/mol. The maximum atomic E-state index is 12.5. The molecule has 0 atom stereocenters. The molecule has 6 nitrogen and oxygen atoms in total. The summed E-state index contributed by atoms with van der Waals surface area (Å²) in [6.07, 6.45) is 1.63. The molecule has 32 heavy (non-hydrogen) atoms. The molecule has 0 aliphatic heterocycles. The molecule has 0 saturated carbocycles. The highest BCUT2D eigenvalue weighted by Gasteiger charge is 2.16. The van der Waals surface area contributed by atoms with Crippen LogP contribution in [0.4, 0.5) is 0 Å². The van der Waals surface area contributed by atoms with E-state index in [0.29, 0.717) is 12.2 Å². The van der Waals surface area contributed by atoms with E-state index in [0.717, 1.165) is 42.7 Å². The van der Waals surface area contributed by atoms with Crippen molar-refractivity contribution in [3.05, 3.63) is 80.2 Å². The minimum Gasteiger partial charge on any atom is -0.494 e. The zero-order valence-corrected chi connectivity index (χ0v) is 21.0. The lowest BCUT2D eigenvalue weighted by Crippen LogP contribution is -2.16. The summed E-state index contributed by atoms with van der Waals surface area (Å²) in [7, 11) is 0. The number of hydrazone groups is 1. The molecule has 2 aromatic carbocycles.